The SMILES string of the molecule is CCNC(=NCc1ccc(O)c(OCC)c1)NCc1ccccc1F. The third-order valence-corrected chi connectivity index (χ3v) is 3.49. The van der Waals surface area contributed by atoms with E-state index in [0.29, 0.717) is 43.5 Å². The van der Waals surface area contributed by atoms with Crippen LogP contribution in [0.3, 0.4) is 0 Å². The largest absolute Gasteiger partial charge is 0.504 e. The number of nitrogens with zero attached hydrogens (tertiary/aromatic N) is 1. The zero-order chi connectivity index (χ0) is 18.1. The Balaban J connectivity index is 2.04. The van der Waals surface area contributed by atoms with Crippen LogP contribution in [0.2, 0.25) is 0 Å². The van der Waals surface area contributed by atoms with Crippen molar-refractivity contribution in [3.63, 3.8) is 0 Å². The third kappa shape index (κ3) is 5.67. The zero-order valence-electron chi connectivity index (χ0n) is 14.6. The smallest absolute Gasteiger partial charge is 0.191 e. The van der Waals surface area contributed by atoms with Gasteiger partial charge in [-0.2, -0.15) is 0 Å². The zero-order valence-corrected chi connectivity index (χ0v) is 14.6. The molecule has 3 N–H and O–H groups in total. The van der Waals surface area contributed by atoms with Crippen LogP contribution in [-0.4, -0.2) is 24.2 Å². The molecule has 0 spiro atoms. The molecule has 2 rings (SSSR count). The van der Waals surface area contributed by atoms with Crippen molar-refractivity contribution in [2.45, 2.75) is 26.9 Å². The van der Waals surface area contributed by atoms with E-state index in [2.05, 4.69) is 15.6 Å². The highest BCUT2D eigenvalue weighted by Crippen LogP contribution is 2.27. The predicted molar refractivity (Wildman–Crippen MR) is 97.3 cm³/mol. The van der Waals surface area contributed by atoms with Gasteiger partial charge in [-0.15, -0.1) is 0 Å². The van der Waals surface area contributed by atoms with Gasteiger partial charge in [-0.25, -0.2) is 9.38 Å². The Hall–Kier alpha value is -2.76. The van der Waals surface area contributed by atoms with Gasteiger partial charge in [0.1, 0.15) is 5.82 Å². The van der Waals surface area contributed by atoms with E-state index in [9.17, 15) is 9.50 Å². The number of halogens is 1. The first-order valence-electron chi connectivity index (χ1n) is 8.34. The molecule has 0 aliphatic carbocycles. The molecule has 0 unspecified atom stereocenters. The van der Waals surface area contributed by atoms with Gasteiger partial charge in [-0.05, 0) is 37.6 Å². The fourth-order valence-electron chi connectivity index (χ4n) is 2.26. The van der Waals surface area contributed by atoms with E-state index in [0.717, 1.165) is 5.56 Å². The number of phenols is 1. The first-order valence-corrected chi connectivity index (χ1v) is 8.34. The molecule has 0 saturated heterocycles. The topological polar surface area (TPSA) is 65.9 Å². The van der Waals surface area contributed by atoms with Gasteiger partial charge in [0.25, 0.3) is 0 Å². The maximum Gasteiger partial charge on any atom is 0.191 e. The van der Waals surface area contributed by atoms with Crippen molar-refractivity contribution in [2.75, 3.05) is 13.2 Å². The Kier molecular flexibility index (Phi) is 7.07. The Morgan fingerprint density at radius 3 is 2.68 bits per heavy atom. The quantitative estimate of drug-likeness (QED) is 0.533. The average Bonchev–Trinajstić information content (AvgIpc) is 2.61. The molecule has 134 valence electrons. The van der Waals surface area contributed by atoms with E-state index in [1.165, 1.54) is 6.07 Å². The normalized spacial score (nSPS) is 11.2. The number of hydrogen-bond acceptors (Lipinski definition) is 3. The number of benzene rings is 2. The Bertz CT molecular complexity index is 720. The molecule has 6 heteroatoms. The Labute approximate surface area is 147 Å². The summed E-state index contributed by atoms with van der Waals surface area (Å²) in [6, 6.07) is 11.8. The van der Waals surface area contributed by atoms with Gasteiger partial charge in [-0.3, -0.25) is 0 Å². The van der Waals surface area contributed by atoms with Crippen molar-refractivity contribution < 1.29 is 14.2 Å². The number of nitrogens with one attached hydrogen (secondary N) is 2. The van der Waals surface area contributed by atoms with E-state index in [1.54, 1.807) is 36.4 Å². The number of hydrogen-bond donors (Lipinski definition) is 3. The van der Waals surface area contributed by atoms with E-state index >= 15 is 0 Å². The van der Waals surface area contributed by atoms with Crippen LogP contribution in [0.5, 0.6) is 11.5 Å². The van der Waals surface area contributed by atoms with Crippen LogP contribution in [0.25, 0.3) is 0 Å². The van der Waals surface area contributed by atoms with E-state index in [1.807, 2.05) is 13.8 Å². The Morgan fingerprint density at radius 2 is 1.96 bits per heavy atom. The summed E-state index contributed by atoms with van der Waals surface area (Å²) in [5.41, 5.74) is 1.49. The summed E-state index contributed by atoms with van der Waals surface area (Å²) in [5.74, 6) is 0.904. The molecule has 25 heavy (non-hydrogen) atoms. The molecule has 2 aromatic carbocycles. The molecule has 0 bridgehead atoms. The third-order valence-electron chi connectivity index (χ3n) is 3.49. The number of ether oxygens (including phenoxy) is 1. The van der Waals surface area contributed by atoms with Crippen LogP contribution in [0.15, 0.2) is 47.5 Å². The number of rotatable bonds is 7. The predicted octanol–water partition coefficient (Wildman–Crippen LogP) is 3.19. The van der Waals surface area contributed by atoms with E-state index in [4.69, 9.17) is 4.74 Å². The Morgan fingerprint density at radius 1 is 1.16 bits per heavy atom. The van der Waals surface area contributed by atoms with Crippen LogP contribution in [0.4, 0.5) is 4.39 Å². The van der Waals surface area contributed by atoms with Crippen molar-refractivity contribution >= 4 is 5.96 Å². The minimum absolute atomic E-state index is 0.110. The van der Waals surface area contributed by atoms with E-state index < -0.39 is 0 Å². The monoisotopic (exact) mass is 345 g/mol. The lowest BCUT2D eigenvalue weighted by Gasteiger charge is -2.12. The molecule has 2 aromatic rings. The molecule has 0 aromatic heterocycles. The molecule has 0 fully saturated rings. The minimum atomic E-state index is -0.245. The molecule has 0 saturated carbocycles. The highest BCUT2D eigenvalue weighted by Gasteiger charge is 2.05. The van der Waals surface area contributed by atoms with Crippen molar-refractivity contribution in [2.24, 2.45) is 4.99 Å². The molecular formula is C19H24FN3O2. The van der Waals surface area contributed by atoms with Gasteiger partial charge >= 0.3 is 0 Å². The van der Waals surface area contributed by atoms with Crippen LogP contribution >= 0.6 is 0 Å². The van der Waals surface area contributed by atoms with Gasteiger partial charge in [0, 0.05) is 18.7 Å². The standard InChI is InChI=1S/C19H24FN3O2/c1-3-21-19(23-13-15-7-5-6-8-16(15)20)22-12-14-9-10-17(24)18(11-14)25-4-2/h5-11,24H,3-4,12-13H2,1-2H3,(H2,21,22,23). The highest BCUT2D eigenvalue weighted by molar-refractivity contribution is 5.79. The van der Waals surface area contributed by atoms with Gasteiger partial charge in [0.2, 0.25) is 0 Å². The summed E-state index contributed by atoms with van der Waals surface area (Å²) in [6.07, 6.45) is 0. The second-order valence-electron chi connectivity index (χ2n) is 5.38. The maximum atomic E-state index is 13.7. The molecule has 0 heterocycles. The average molecular weight is 345 g/mol. The first kappa shape index (κ1) is 18.6. The summed E-state index contributed by atoms with van der Waals surface area (Å²) in [5, 5.41) is 16.0. The van der Waals surface area contributed by atoms with Crippen molar-refractivity contribution in [3.8, 4) is 11.5 Å². The van der Waals surface area contributed by atoms with Gasteiger partial charge in [0.05, 0.1) is 13.2 Å². The minimum Gasteiger partial charge on any atom is -0.504 e. The van der Waals surface area contributed by atoms with Gasteiger partial charge in [-0.1, -0.05) is 24.3 Å². The molecule has 0 aliphatic rings. The molecule has 0 aliphatic heterocycles. The second kappa shape index (κ2) is 9.52. The summed E-state index contributed by atoms with van der Waals surface area (Å²) >= 11 is 0. The van der Waals surface area contributed by atoms with Crippen LogP contribution in [0.1, 0.15) is 25.0 Å². The van der Waals surface area contributed by atoms with Crippen molar-refractivity contribution in [1.82, 2.24) is 10.6 Å². The highest BCUT2D eigenvalue weighted by atomic mass is 19.1. The van der Waals surface area contributed by atoms with Gasteiger partial charge < -0.3 is 20.5 Å². The first-order chi connectivity index (χ1) is 12.1. The summed E-state index contributed by atoms with van der Waals surface area (Å²) in [6.45, 7) is 5.76. The summed E-state index contributed by atoms with van der Waals surface area (Å²) in [4.78, 5) is 4.49. The van der Waals surface area contributed by atoms with Crippen molar-refractivity contribution in [1.29, 1.82) is 0 Å². The number of guanidine groups is 1. The van der Waals surface area contributed by atoms with Crippen LogP contribution in [-0.2, 0) is 13.1 Å². The fraction of sp³-hybridized carbons (Fsp3) is 0.316. The molecule has 5 nitrogen and oxygen atoms in total. The molecule has 0 radical (unpaired) electrons. The lowest BCUT2D eigenvalue weighted by molar-refractivity contribution is 0.318. The molecular weight excluding hydrogens is 321 g/mol. The number of aromatic hydroxyl groups is 1. The fourth-order valence-corrected chi connectivity index (χ4v) is 2.26. The lowest BCUT2D eigenvalue weighted by Crippen LogP contribution is -2.37. The number of aliphatic imine (C=N–C) groups is 1. The van der Waals surface area contributed by atoms with Crippen LogP contribution in [0, 0.1) is 5.82 Å². The summed E-state index contributed by atoms with van der Waals surface area (Å²) < 4.78 is 19.1. The molecule has 0 atom stereocenters. The maximum absolute atomic E-state index is 13.7. The second-order valence-corrected chi connectivity index (χ2v) is 5.38. The lowest BCUT2D eigenvalue weighted by atomic mass is 10.2. The van der Waals surface area contributed by atoms with Crippen molar-refractivity contribution in [3.05, 3.63) is 59.4 Å². The van der Waals surface area contributed by atoms with E-state index in [-0.39, 0.29) is 11.6 Å². The number of phenolic OH excluding ortho intramolecular Hbond substituents is 1. The molecule has 0 amide bonds. The van der Waals surface area contributed by atoms with Crippen LogP contribution < -0.4 is 15.4 Å². The summed E-state index contributed by atoms with van der Waals surface area (Å²) in [7, 11) is 0. The van der Waals surface area contributed by atoms with Gasteiger partial charge in [0.15, 0.2) is 17.5 Å².